The molecule has 1 aromatic rings. The van der Waals surface area contributed by atoms with E-state index in [0.29, 0.717) is 36.9 Å². The van der Waals surface area contributed by atoms with Crippen LogP contribution in [0.2, 0.25) is 0 Å². The number of imide groups is 1. The molecule has 29 heavy (non-hydrogen) atoms. The maximum atomic E-state index is 12.6. The van der Waals surface area contributed by atoms with Crippen LogP contribution in [0.3, 0.4) is 0 Å². The highest BCUT2D eigenvalue weighted by Crippen LogP contribution is 2.29. The van der Waals surface area contributed by atoms with E-state index in [1.165, 1.54) is 13.1 Å². The summed E-state index contributed by atoms with van der Waals surface area (Å²) in [7, 11) is -1.99. The molecule has 9 heteroatoms. The van der Waals surface area contributed by atoms with Crippen molar-refractivity contribution in [3.05, 3.63) is 29.3 Å². The quantitative estimate of drug-likeness (QED) is 0.723. The maximum absolute atomic E-state index is 12.6. The van der Waals surface area contributed by atoms with E-state index in [1.54, 1.807) is 32.9 Å². The van der Waals surface area contributed by atoms with Gasteiger partial charge in [-0.3, -0.25) is 19.3 Å². The Morgan fingerprint density at radius 2 is 1.62 bits per heavy atom. The first-order valence-electron chi connectivity index (χ1n) is 9.70. The van der Waals surface area contributed by atoms with E-state index in [9.17, 15) is 22.8 Å². The number of carbonyl (C=O) groups is 3. The summed E-state index contributed by atoms with van der Waals surface area (Å²) in [6, 6.07) is 4.53. The van der Waals surface area contributed by atoms with Crippen LogP contribution < -0.4 is 10.0 Å². The van der Waals surface area contributed by atoms with Crippen molar-refractivity contribution in [2.45, 2.75) is 57.2 Å². The van der Waals surface area contributed by atoms with Crippen LogP contribution in [0.1, 0.15) is 67.2 Å². The zero-order valence-electron chi connectivity index (χ0n) is 17.1. The van der Waals surface area contributed by atoms with Crippen LogP contribution in [0.5, 0.6) is 0 Å². The Labute approximate surface area is 171 Å². The third-order valence-electron chi connectivity index (χ3n) is 5.58. The number of hydrogen-bond donors (Lipinski definition) is 2. The Morgan fingerprint density at radius 1 is 1.03 bits per heavy atom. The Kier molecular flexibility index (Phi) is 5.57. The van der Waals surface area contributed by atoms with Crippen molar-refractivity contribution in [2.75, 3.05) is 12.4 Å². The molecule has 1 aromatic carbocycles. The average Bonchev–Trinajstić information content (AvgIpc) is 2.85. The van der Waals surface area contributed by atoms with Crippen molar-refractivity contribution in [1.82, 2.24) is 9.62 Å². The highest BCUT2D eigenvalue weighted by atomic mass is 32.2. The zero-order valence-corrected chi connectivity index (χ0v) is 17.9. The number of carbonyl (C=O) groups excluding carboxylic acids is 3. The van der Waals surface area contributed by atoms with Crippen molar-refractivity contribution in [3.8, 4) is 0 Å². The SMILES string of the molecule is CN1C(=O)c2ccc(NC(=O)[C@H]3CC[C@H](NS(=O)(=O)C(C)(C)C)CC3)cc2C1=O. The minimum absolute atomic E-state index is 0.160. The topological polar surface area (TPSA) is 113 Å². The fourth-order valence-corrected chi connectivity index (χ4v) is 4.58. The average molecular weight is 422 g/mol. The van der Waals surface area contributed by atoms with E-state index in [4.69, 9.17) is 0 Å². The van der Waals surface area contributed by atoms with Crippen molar-refractivity contribution < 1.29 is 22.8 Å². The standard InChI is InChI=1S/C20H27N3O5S/c1-20(2,3)29(27,28)22-13-7-5-12(6-8-13)17(24)21-14-9-10-15-16(11-14)19(26)23(4)18(15)25/h9-13,22H,5-8H2,1-4H3,(H,21,24)/t12-,13-. The molecule has 2 N–H and O–H groups in total. The molecule has 8 nitrogen and oxygen atoms in total. The minimum atomic E-state index is -3.42. The molecule has 1 saturated carbocycles. The van der Waals surface area contributed by atoms with Crippen molar-refractivity contribution >= 4 is 33.4 Å². The minimum Gasteiger partial charge on any atom is -0.326 e. The number of nitrogens with zero attached hydrogens (tertiary/aromatic N) is 1. The van der Waals surface area contributed by atoms with Crippen LogP contribution >= 0.6 is 0 Å². The largest absolute Gasteiger partial charge is 0.326 e. The first-order valence-corrected chi connectivity index (χ1v) is 11.2. The Balaban J connectivity index is 1.59. The van der Waals surface area contributed by atoms with Gasteiger partial charge in [-0.05, 0) is 64.7 Å². The molecule has 0 spiro atoms. The van der Waals surface area contributed by atoms with Crippen LogP contribution in [-0.4, -0.2) is 48.9 Å². The second-order valence-electron chi connectivity index (χ2n) is 8.70. The monoisotopic (exact) mass is 421 g/mol. The van der Waals surface area contributed by atoms with Gasteiger partial charge >= 0.3 is 0 Å². The number of amides is 3. The molecule has 0 radical (unpaired) electrons. The summed E-state index contributed by atoms with van der Waals surface area (Å²) in [6.45, 7) is 4.96. The number of benzene rings is 1. The first kappa shape index (κ1) is 21.4. The second kappa shape index (κ2) is 7.53. The molecule has 0 saturated heterocycles. The zero-order chi connectivity index (χ0) is 21.6. The lowest BCUT2D eigenvalue weighted by molar-refractivity contribution is -0.120. The molecular formula is C20H27N3O5S. The summed E-state index contributed by atoms with van der Waals surface area (Å²) >= 11 is 0. The lowest BCUT2D eigenvalue weighted by Gasteiger charge is -2.30. The van der Waals surface area contributed by atoms with Gasteiger partial charge in [0, 0.05) is 24.7 Å². The number of fused-ring (bicyclic) bond motifs is 1. The number of rotatable bonds is 4. The molecule has 1 aliphatic heterocycles. The molecule has 3 rings (SSSR count). The fourth-order valence-electron chi connectivity index (χ4n) is 3.55. The van der Waals surface area contributed by atoms with Crippen LogP contribution in [0.15, 0.2) is 18.2 Å². The summed E-state index contributed by atoms with van der Waals surface area (Å²) in [4.78, 5) is 37.7. The van der Waals surface area contributed by atoms with Crippen LogP contribution in [0.4, 0.5) is 5.69 Å². The smallest absolute Gasteiger partial charge is 0.261 e. The van der Waals surface area contributed by atoms with Gasteiger partial charge in [-0.2, -0.15) is 0 Å². The molecule has 3 amide bonds. The normalized spacial score (nSPS) is 22.6. The predicted octanol–water partition coefficient (Wildman–Crippen LogP) is 2.13. The number of nitrogens with one attached hydrogen (secondary N) is 2. The van der Waals surface area contributed by atoms with E-state index in [0.717, 1.165) is 4.90 Å². The van der Waals surface area contributed by atoms with Gasteiger partial charge in [0.05, 0.1) is 15.9 Å². The Bertz CT molecular complexity index is 957. The van der Waals surface area contributed by atoms with Gasteiger partial charge in [-0.1, -0.05) is 0 Å². The van der Waals surface area contributed by atoms with Crippen LogP contribution in [-0.2, 0) is 14.8 Å². The van der Waals surface area contributed by atoms with Crippen LogP contribution in [0, 0.1) is 5.92 Å². The van der Waals surface area contributed by atoms with Crippen molar-refractivity contribution in [1.29, 1.82) is 0 Å². The summed E-state index contributed by atoms with van der Waals surface area (Å²) in [5, 5.41) is 2.82. The van der Waals surface area contributed by atoms with Crippen LogP contribution in [0.25, 0.3) is 0 Å². The Hall–Kier alpha value is -2.26. The van der Waals surface area contributed by atoms with Gasteiger partial charge in [0.15, 0.2) is 0 Å². The number of anilines is 1. The van der Waals surface area contributed by atoms with Gasteiger partial charge in [-0.15, -0.1) is 0 Å². The summed E-state index contributed by atoms with van der Waals surface area (Å²) in [6.07, 6.45) is 2.34. The molecule has 0 bridgehead atoms. The van der Waals surface area contributed by atoms with E-state index in [1.807, 2.05) is 0 Å². The Morgan fingerprint density at radius 3 is 2.21 bits per heavy atom. The molecule has 0 aromatic heterocycles. The molecule has 158 valence electrons. The molecule has 1 fully saturated rings. The van der Waals surface area contributed by atoms with Crippen molar-refractivity contribution in [2.24, 2.45) is 5.92 Å². The lowest BCUT2D eigenvalue weighted by Crippen LogP contribution is -2.46. The van der Waals surface area contributed by atoms with Gasteiger partial charge in [0.25, 0.3) is 11.8 Å². The lowest BCUT2D eigenvalue weighted by atomic mass is 9.86. The van der Waals surface area contributed by atoms with Gasteiger partial charge in [0.2, 0.25) is 15.9 Å². The molecular weight excluding hydrogens is 394 g/mol. The number of hydrogen-bond acceptors (Lipinski definition) is 5. The highest BCUT2D eigenvalue weighted by Gasteiger charge is 2.35. The fraction of sp³-hybridized carbons (Fsp3) is 0.550. The first-order chi connectivity index (χ1) is 13.4. The summed E-state index contributed by atoms with van der Waals surface area (Å²) in [5.74, 6) is -1.11. The van der Waals surface area contributed by atoms with Gasteiger partial charge in [-0.25, -0.2) is 13.1 Å². The molecule has 0 atom stereocenters. The molecule has 0 unspecified atom stereocenters. The molecule has 1 aliphatic carbocycles. The van der Waals surface area contributed by atoms with Gasteiger partial charge < -0.3 is 5.32 Å². The highest BCUT2D eigenvalue weighted by molar-refractivity contribution is 7.90. The van der Waals surface area contributed by atoms with E-state index >= 15 is 0 Å². The second-order valence-corrected chi connectivity index (χ2v) is 11.2. The number of sulfonamides is 1. The van der Waals surface area contributed by atoms with E-state index < -0.39 is 14.8 Å². The van der Waals surface area contributed by atoms with E-state index in [2.05, 4.69) is 10.0 Å². The third-order valence-corrected chi connectivity index (χ3v) is 7.84. The summed E-state index contributed by atoms with van der Waals surface area (Å²) in [5.41, 5.74) is 1.10. The maximum Gasteiger partial charge on any atom is 0.261 e. The summed E-state index contributed by atoms with van der Waals surface area (Å²) < 4.78 is 26.5. The van der Waals surface area contributed by atoms with Crippen molar-refractivity contribution in [3.63, 3.8) is 0 Å². The molecule has 1 heterocycles. The third kappa shape index (κ3) is 4.20. The molecule has 2 aliphatic rings. The predicted molar refractivity (Wildman–Crippen MR) is 109 cm³/mol. The van der Waals surface area contributed by atoms with Gasteiger partial charge in [0.1, 0.15) is 0 Å². The van der Waals surface area contributed by atoms with E-state index in [-0.39, 0.29) is 35.2 Å².